The van der Waals surface area contributed by atoms with Gasteiger partial charge < -0.3 is 5.32 Å². The number of hydrogen-bond acceptors (Lipinski definition) is 2. The van der Waals surface area contributed by atoms with E-state index >= 15 is 0 Å². The Balaban J connectivity index is 1.92. The Bertz CT molecular complexity index is 1010. The predicted molar refractivity (Wildman–Crippen MR) is 100 cm³/mol. The first-order valence-electron chi connectivity index (χ1n) is 7.66. The van der Waals surface area contributed by atoms with Crippen LogP contribution in [0.4, 0.5) is 23.2 Å². The van der Waals surface area contributed by atoms with Gasteiger partial charge in [0.1, 0.15) is 11.5 Å². The quantitative estimate of drug-likeness (QED) is 0.407. The van der Waals surface area contributed by atoms with E-state index in [-0.39, 0.29) is 16.9 Å². The predicted octanol–water partition coefficient (Wildman–Crippen LogP) is 5.20. The van der Waals surface area contributed by atoms with Gasteiger partial charge in [-0.3, -0.25) is 4.79 Å². The SMILES string of the molecule is Cc1c(C(=O)Nc2cc(C(F)(F)F)ccc2I)cnn1-c1ccccc1F. The third-order valence-electron chi connectivity index (χ3n) is 3.88. The maximum absolute atomic E-state index is 14.0. The molecule has 4 nitrogen and oxygen atoms in total. The molecule has 0 unspecified atom stereocenters. The number of carbonyl (C=O) groups is 1. The summed E-state index contributed by atoms with van der Waals surface area (Å²) in [5.74, 6) is -1.14. The molecule has 0 aliphatic rings. The summed E-state index contributed by atoms with van der Waals surface area (Å²) in [7, 11) is 0. The van der Waals surface area contributed by atoms with E-state index in [4.69, 9.17) is 0 Å². The van der Waals surface area contributed by atoms with Gasteiger partial charge in [0, 0.05) is 3.57 Å². The lowest BCUT2D eigenvalue weighted by atomic mass is 10.2. The van der Waals surface area contributed by atoms with Crippen molar-refractivity contribution in [2.45, 2.75) is 13.1 Å². The summed E-state index contributed by atoms with van der Waals surface area (Å²) in [5, 5.41) is 6.49. The summed E-state index contributed by atoms with van der Waals surface area (Å²) in [6, 6.07) is 9.02. The zero-order chi connectivity index (χ0) is 19.8. The lowest BCUT2D eigenvalue weighted by Gasteiger charge is -2.12. The van der Waals surface area contributed by atoms with Gasteiger partial charge in [0.2, 0.25) is 0 Å². The molecular formula is C18H12F4IN3O. The number of para-hydroxylation sites is 1. The van der Waals surface area contributed by atoms with E-state index in [1.807, 2.05) is 22.6 Å². The standard InChI is InChI=1S/C18H12F4IN3O/c1-10-12(9-24-26(10)16-5-3-2-4-13(16)19)17(27)25-15-8-11(18(20,21)22)6-7-14(15)23/h2-9H,1H3,(H,25,27). The number of nitrogens with zero attached hydrogens (tertiary/aromatic N) is 2. The largest absolute Gasteiger partial charge is 0.416 e. The number of carbonyl (C=O) groups excluding carboxylic acids is 1. The van der Waals surface area contributed by atoms with E-state index in [0.717, 1.165) is 12.1 Å². The van der Waals surface area contributed by atoms with Gasteiger partial charge in [0.05, 0.1) is 28.7 Å². The van der Waals surface area contributed by atoms with Crippen molar-refractivity contribution < 1.29 is 22.4 Å². The van der Waals surface area contributed by atoms with Crippen LogP contribution in [0.1, 0.15) is 21.6 Å². The van der Waals surface area contributed by atoms with Gasteiger partial charge in [0.25, 0.3) is 5.91 Å². The molecule has 140 valence electrons. The maximum atomic E-state index is 14.0. The second-order valence-electron chi connectivity index (χ2n) is 5.65. The molecule has 0 bridgehead atoms. The first kappa shape index (κ1) is 19.3. The van der Waals surface area contributed by atoms with Crippen LogP contribution >= 0.6 is 22.6 Å². The molecule has 0 aliphatic carbocycles. The van der Waals surface area contributed by atoms with E-state index in [1.165, 1.54) is 35.1 Å². The fourth-order valence-electron chi connectivity index (χ4n) is 2.49. The van der Waals surface area contributed by atoms with Crippen LogP contribution in [0.25, 0.3) is 5.69 Å². The highest BCUT2D eigenvalue weighted by Crippen LogP contribution is 2.33. The summed E-state index contributed by atoms with van der Waals surface area (Å²) in [5.41, 5.74) is -0.167. The van der Waals surface area contributed by atoms with Crippen molar-refractivity contribution in [2.24, 2.45) is 0 Å². The Morgan fingerprint density at radius 3 is 2.56 bits per heavy atom. The molecule has 3 rings (SSSR count). The zero-order valence-electron chi connectivity index (χ0n) is 13.8. The Kier molecular flexibility index (Phi) is 5.22. The lowest BCUT2D eigenvalue weighted by molar-refractivity contribution is -0.137. The number of nitrogens with one attached hydrogen (secondary N) is 1. The fraction of sp³-hybridized carbons (Fsp3) is 0.111. The zero-order valence-corrected chi connectivity index (χ0v) is 16.0. The second kappa shape index (κ2) is 7.29. The van der Waals surface area contributed by atoms with Gasteiger partial charge in [0.15, 0.2) is 0 Å². The fourth-order valence-corrected chi connectivity index (χ4v) is 2.96. The number of halogens is 5. The van der Waals surface area contributed by atoms with Crippen molar-refractivity contribution in [3.05, 3.63) is 74.9 Å². The van der Waals surface area contributed by atoms with Crippen LogP contribution in [0.5, 0.6) is 0 Å². The minimum absolute atomic E-state index is 0.0356. The highest BCUT2D eigenvalue weighted by atomic mass is 127. The lowest BCUT2D eigenvalue weighted by Crippen LogP contribution is -2.15. The number of rotatable bonds is 3. The van der Waals surface area contributed by atoms with Crippen LogP contribution in [-0.2, 0) is 6.18 Å². The van der Waals surface area contributed by atoms with Crippen LogP contribution in [0.2, 0.25) is 0 Å². The number of aromatic nitrogens is 2. The van der Waals surface area contributed by atoms with Crippen molar-refractivity contribution in [1.82, 2.24) is 9.78 Å². The molecule has 0 fully saturated rings. The molecule has 0 saturated carbocycles. The van der Waals surface area contributed by atoms with Gasteiger partial charge in [-0.1, -0.05) is 12.1 Å². The molecule has 0 aliphatic heterocycles. The van der Waals surface area contributed by atoms with Crippen LogP contribution in [-0.4, -0.2) is 15.7 Å². The second-order valence-corrected chi connectivity index (χ2v) is 6.82. The normalized spacial score (nSPS) is 11.5. The molecule has 1 amide bonds. The van der Waals surface area contributed by atoms with Crippen molar-refractivity contribution in [1.29, 1.82) is 0 Å². The molecule has 3 aromatic rings. The van der Waals surface area contributed by atoms with Crippen LogP contribution in [0.3, 0.4) is 0 Å². The average molecular weight is 489 g/mol. The Morgan fingerprint density at radius 1 is 1.19 bits per heavy atom. The van der Waals surface area contributed by atoms with Crippen LogP contribution in [0, 0.1) is 16.3 Å². The number of alkyl halides is 3. The Labute approximate surface area is 165 Å². The average Bonchev–Trinajstić information content (AvgIpc) is 2.97. The summed E-state index contributed by atoms with van der Waals surface area (Å²) in [6.45, 7) is 1.57. The van der Waals surface area contributed by atoms with Gasteiger partial charge in [-0.15, -0.1) is 0 Å². The maximum Gasteiger partial charge on any atom is 0.416 e. The molecule has 27 heavy (non-hydrogen) atoms. The van der Waals surface area contributed by atoms with Crippen LogP contribution in [0.15, 0.2) is 48.7 Å². The molecule has 0 saturated heterocycles. The number of hydrogen-bond donors (Lipinski definition) is 1. The minimum atomic E-state index is -4.52. The van der Waals surface area contributed by atoms with Crippen LogP contribution < -0.4 is 5.32 Å². The van der Waals surface area contributed by atoms with Crippen molar-refractivity contribution >= 4 is 34.2 Å². The smallest absolute Gasteiger partial charge is 0.321 e. The topological polar surface area (TPSA) is 46.9 Å². The first-order valence-corrected chi connectivity index (χ1v) is 8.74. The number of benzene rings is 2. The van der Waals surface area contributed by atoms with E-state index in [9.17, 15) is 22.4 Å². The van der Waals surface area contributed by atoms with E-state index in [0.29, 0.717) is 9.26 Å². The molecule has 9 heteroatoms. The van der Waals surface area contributed by atoms with Gasteiger partial charge >= 0.3 is 6.18 Å². The van der Waals surface area contributed by atoms with Gasteiger partial charge in [-0.05, 0) is 59.8 Å². The van der Waals surface area contributed by atoms with E-state index in [1.54, 1.807) is 13.0 Å². The van der Waals surface area contributed by atoms with Crippen molar-refractivity contribution in [3.63, 3.8) is 0 Å². The first-order chi connectivity index (χ1) is 12.7. The molecule has 0 spiro atoms. The number of amides is 1. The van der Waals surface area contributed by atoms with Gasteiger partial charge in [-0.25, -0.2) is 9.07 Å². The summed E-state index contributed by atoms with van der Waals surface area (Å²) in [4.78, 5) is 12.5. The molecule has 1 N–H and O–H groups in total. The van der Waals surface area contributed by atoms with Gasteiger partial charge in [-0.2, -0.15) is 18.3 Å². The van der Waals surface area contributed by atoms with Crippen molar-refractivity contribution in [2.75, 3.05) is 5.32 Å². The minimum Gasteiger partial charge on any atom is -0.321 e. The monoisotopic (exact) mass is 489 g/mol. The Morgan fingerprint density at radius 2 is 1.89 bits per heavy atom. The molecule has 1 heterocycles. The van der Waals surface area contributed by atoms with E-state index < -0.39 is 23.5 Å². The molecule has 1 aromatic heterocycles. The highest BCUT2D eigenvalue weighted by Gasteiger charge is 2.31. The summed E-state index contributed by atoms with van der Waals surface area (Å²) >= 11 is 1.83. The summed E-state index contributed by atoms with van der Waals surface area (Å²) < 4.78 is 54.3. The molecular weight excluding hydrogens is 477 g/mol. The van der Waals surface area contributed by atoms with Crippen molar-refractivity contribution in [3.8, 4) is 5.69 Å². The molecule has 0 atom stereocenters. The highest BCUT2D eigenvalue weighted by molar-refractivity contribution is 14.1. The molecule has 0 radical (unpaired) electrons. The third-order valence-corrected chi connectivity index (χ3v) is 4.82. The number of anilines is 1. The molecule has 2 aromatic carbocycles. The summed E-state index contributed by atoms with van der Waals surface area (Å²) in [6.07, 6.45) is -3.27. The third kappa shape index (κ3) is 3.97. The Hall–Kier alpha value is -2.43. The van der Waals surface area contributed by atoms with E-state index in [2.05, 4.69) is 10.4 Å².